The summed E-state index contributed by atoms with van der Waals surface area (Å²) in [5.41, 5.74) is -0.563. The van der Waals surface area contributed by atoms with Gasteiger partial charge in [-0.3, -0.25) is 4.79 Å². The van der Waals surface area contributed by atoms with E-state index in [4.69, 9.17) is 4.74 Å². The lowest BCUT2D eigenvalue weighted by molar-refractivity contribution is -0.180. The van der Waals surface area contributed by atoms with Gasteiger partial charge in [0.2, 0.25) is 0 Å². The van der Waals surface area contributed by atoms with Crippen LogP contribution in [0.3, 0.4) is 0 Å². The molecule has 0 radical (unpaired) electrons. The van der Waals surface area contributed by atoms with Gasteiger partial charge in [0.05, 0.1) is 24.4 Å². The van der Waals surface area contributed by atoms with Crippen LogP contribution in [-0.4, -0.2) is 45.7 Å². The van der Waals surface area contributed by atoms with Crippen LogP contribution in [0.4, 0.5) is 0 Å². The van der Waals surface area contributed by atoms with Crippen molar-refractivity contribution in [2.45, 2.75) is 130 Å². The molecule has 36 heavy (non-hydrogen) atoms. The SMILES string of the molecule is C=C(C)[C@@H]1CC[C@]2(C)[C@H](CC[C@@H]3[C@@H]([C@@](C)(O)CC[C@@H](O)C(C)(C)O)CC[C@]32C)[C@@]1(C)CCC(=O)OC. The minimum Gasteiger partial charge on any atom is -0.469 e. The number of carbonyl (C=O) groups excluding carboxylic acids is 1. The summed E-state index contributed by atoms with van der Waals surface area (Å²) < 4.78 is 5.02. The molecule has 3 rings (SSSR count). The molecule has 5 nitrogen and oxygen atoms in total. The molecular weight excluding hydrogens is 452 g/mol. The van der Waals surface area contributed by atoms with E-state index in [1.54, 1.807) is 13.8 Å². The van der Waals surface area contributed by atoms with Crippen LogP contribution in [0.5, 0.6) is 0 Å². The molecule has 9 atom stereocenters. The summed E-state index contributed by atoms with van der Waals surface area (Å²) in [6, 6.07) is 0. The van der Waals surface area contributed by atoms with Crippen molar-refractivity contribution in [3.63, 3.8) is 0 Å². The second kappa shape index (κ2) is 10.0. The van der Waals surface area contributed by atoms with Crippen molar-refractivity contribution < 1.29 is 24.9 Å². The van der Waals surface area contributed by atoms with Gasteiger partial charge in [-0.1, -0.05) is 32.9 Å². The fraction of sp³-hybridized carbons (Fsp3) is 0.903. The van der Waals surface area contributed by atoms with Crippen molar-refractivity contribution in [2.75, 3.05) is 7.11 Å². The van der Waals surface area contributed by atoms with Gasteiger partial charge in [0.1, 0.15) is 0 Å². The molecule has 3 saturated carbocycles. The zero-order chi connectivity index (χ0) is 27.3. The van der Waals surface area contributed by atoms with Crippen molar-refractivity contribution in [1.82, 2.24) is 0 Å². The Hall–Kier alpha value is -0.910. The Morgan fingerprint density at radius 1 is 1.06 bits per heavy atom. The third-order valence-corrected chi connectivity index (χ3v) is 11.9. The molecule has 0 spiro atoms. The first-order valence-corrected chi connectivity index (χ1v) is 14.3. The van der Waals surface area contributed by atoms with Crippen LogP contribution < -0.4 is 0 Å². The van der Waals surface area contributed by atoms with Crippen LogP contribution in [0.15, 0.2) is 12.2 Å². The van der Waals surface area contributed by atoms with Crippen molar-refractivity contribution >= 4 is 5.97 Å². The lowest BCUT2D eigenvalue weighted by Gasteiger charge is -2.66. The van der Waals surface area contributed by atoms with Crippen LogP contribution in [-0.2, 0) is 9.53 Å². The number of aliphatic hydroxyl groups is 3. The third-order valence-electron chi connectivity index (χ3n) is 11.9. The number of hydrogen-bond donors (Lipinski definition) is 3. The van der Waals surface area contributed by atoms with E-state index in [-0.39, 0.29) is 28.1 Å². The summed E-state index contributed by atoms with van der Waals surface area (Å²) >= 11 is 0. The second-order valence-electron chi connectivity index (χ2n) is 14.3. The molecule has 0 aromatic rings. The molecule has 0 unspecified atom stereocenters. The van der Waals surface area contributed by atoms with E-state index in [2.05, 4.69) is 34.3 Å². The summed E-state index contributed by atoms with van der Waals surface area (Å²) in [4.78, 5) is 12.2. The summed E-state index contributed by atoms with van der Waals surface area (Å²) in [7, 11) is 1.48. The number of fused-ring (bicyclic) bond motifs is 3. The maximum atomic E-state index is 12.2. The first-order chi connectivity index (χ1) is 16.4. The summed E-state index contributed by atoms with van der Waals surface area (Å²) in [6.07, 6.45) is 7.86. The molecule has 3 aliphatic carbocycles. The molecule has 0 bridgehead atoms. The van der Waals surface area contributed by atoms with Gasteiger partial charge in [-0.15, -0.1) is 0 Å². The molecule has 208 valence electrons. The number of ether oxygens (including phenoxy) is 1. The van der Waals surface area contributed by atoms with E-state index in [1.165, 1.54) is 12.7 Å². The van der Waals surface area contributed by atoms with E-state index >= 15 is 0 Å². The maximum absolute atomic E-state index is 12.2. The van der Waals surface area contributed by atoms with E-state index in [9.17, 15) is 20.1 Å². The Kier molecular flexibility index (Phi) is 8.24. The summed E-state index contributed by atoms with van der Waals surface area (Å²) in [5.74, 6) is 1.39. The molecule has 3 fully saturated rings. The third kappa shape index (κ3) is 4.94. The Bertz CT molecular complexity index is 827. The second-order valence-corrected chi connectivity index (χ2v) is 14.3. The summed E-state index contributed by atoms with van der Waals surface area (Å²) in [5, 5.41) is 32.3. The average molecular weight is 507 g/mol. The minimum atomic E-state index is -1.16. The Morgan fingerprint density at radius 2 is 1.67 bits per heavy atom. The largest absolute Gasteiger partial charge is 0.469 e. The number of allylic oxidation sites excluding steroid dienone is 1. The Morgan fingerprint density at radius 3 is 2.22 bits per heavy atom. The van der Waals surface area contributed by atoms with Gasteiger partial charge in [0.15, 0.2) is 0 Å². The average Bonchev–Trinajstić information content (AvgIpc) is 3.14. The number of esters is 1. The lowest BCUT2D eigenvalue weighted by atomic mass is 9.38. The van der Waals surface area contributed by atoms with E-state index in [0.29, 0.717) is 37.0 Å². The number of aliphatic hydroxyl groups excluding tert-OH is 1. The zero-order valence-electron chi connectivity index (χ0n) is 24.3. The predicted octanol–water partition coefficient (Wildman–Crippen LogP) is 6.04. The highest BCUT2D eigenvalue weighted by Gasteiger charge is 2.67. The lowest BCUT2D eigenvalue weighted by Crippen LogP contribution is -2.60. The molecule has 0 aliphatic heterocycles. The standard InChI is InChI=1S/C31H54O5/c1-20(2)21-12-18-30(7)24(28(21,5)16-15-26(33)36-9)11-10-22-23(13-17-29(22,30)6)31(8,35)19-14-25(32)27(3,4)34/h21-25,32,34-35H,1,10-19H2,2-9H3/t21-,22+,23-,24+,25+,28-,29+,30+,31-/m0/s1. The molecular formula is C31H54O5. The van der Waals surface area contributed by atoms with Crippen LogP contribution >= 0.6 is 0 Å². The number of rotatable bonds is 9. The van der Waals surface area contributed by atoms with Crippen LogP contribution in [0.2, 0.25) is 0 Å². The number of carbonyl (C=O) groups is 1. The van der Waals surface area contributed by atoms with E-state index in [1.807, 2.05) is 6.92 Å². The van der Waals surface area contributed by atoms with Gasteiger partial charge in [0.25, 0.3) is 0 Å². The van der Waals surface area contributed by atoms with E-state index in [0.717, 1.165) is 44.9 Å². The molecule has 0 heterocycles. The smallest absolute Gasteiger partial charge is 0.305 e. The highest BCUT2D eigenvalue weighted by molar-refractivity contribution is 5.69. The first kappa shape index (κ1) is 29.6. The van der Waals surface area contributed by atoms with Crippen LogP contribution in [0, 0.1) is 39.9 Å². The minimum absolute atomic E-state index is 0.00156. The van der Waals surface area contributed by atoms with Crippen molar-refractivity contribution in [1.29, 1.82) is 0 Å². The highest BCUT2D eigenvalue weighted by atomic mass is 16.5. The van der Waals surface area contributed by atoms with E-state index < -0.39 is 17.3 Å². The fourth-order valence-electron chi connectivity index (χ4n) is 9.45. The molecule has 0 saturated heterocycles. The molecule has 0 aromatic carbocycles. The zero-order valence-corrected chi connectivity index (χ0v) is 24.3. The van der Waals surface area contributed by atoms with Gasteiger partial charge >= 0.3 is 5.97 Å². The quantitative estimate of drug-likeness (QED) is 0.262. The molecule has 3 aliphatic rings. The Labute approximate surface area is 220 Å². The normalized spacial score (nSPS) is 41.1. The van der Waals surface area contributed by atoms with Gasteiger partial charge in [-0.2, -0.15) is 0 Å². The van der Waals surface area contributed by atoms with Crippen molar-refractivity contribution in [3.8, 4) is 0 Å². The topological polar surface area (TPSA) is 87.0 Å². The van der Waals surface area contributed by atoms with Gasteiger partial charge in [-0.05, 0) is 125 Å². The van der Waals surface area contributed by atoms with Crippen LogP contribution in [0.25, 0.3) is 0 Å². The molecule has 0 amide bonds. The monoisotopic (exact) mass is 506 g/mol. The number of hydrogen-bond acceptors (Lipinski definition) is 5. The van der Waals surface area contributed by atoms with Gasteiger partial charge in [0, 0.05) is 6.42 Å². The fourth-order valence-corrected chi connectivity index (χ4v) is 9.45. The highest BCUT2D eigenvalue weighted by Crippen LogP contribution is 2.74. The van der Waals surface area contributed by atoms with Crippen molar-refractivity contribution in [2.24, 2.45) is 39.9 Å². The molecule has 5 heteroatoms. The molecule has 3 N–H and O–H groups in total. The van der Waals surface area contributed by atoms with Gasteiger partial charge < -0.3 is 20.1 Å². The maximum Gasteiger partial charge on any atom is 0.305 e. The Balaban J connectivity index is 1.88. The van der Waals surface area contributed by atoms with Gasteiger partial charge in [-0.25, -0.2) is 0 Å². The predicted molar refractivity (Wildman–Crippen MR) is 144 cm³/mol. The number of methoxy groups -OCH3 is 1. The van der Waals surface area contributed by atoms with Crippen LogP contribution in [0.1, 0.15) is 113 Å². The molecule has 0 aromatic heterocycles. The van der Waals surface area contributed by atoms with Crippen molar-refractivity contribution in [3.05, 3.63) is 12.2 Å². The summed E-state index contributed by atoms with van der Waals surface area (Å²) in [6.45, 7) is 19.1. The first-order valence-electron chi connectivity index (χ1n) is 14.3.